The molecule has 0 aliphatic heterocycles. The van der Waals surface area contributed by atoms with Crippen LogP contribution in [0.15, 0.2) is 101 Å². The summed E-state index contributed by atoms with van der Waals surface area (Å²) < 4.78 is 23.2. The molecule has 0 aliphatic carbocycles. The SMILES string of the molecule is Cc1c(CC(=Nc2cccc(S(=O)[O-])c2C)c2ccccc2)cccc1-c1ccncc1. The predicted octanol–water partition coefficient (Wildman–Crippen LogP) is 5.97. The highest BCUT2D eigenvalue weighted by atomic mass is 32.2. The number of aliphatic imine (C=N–C) groups is 1. The smallest absolute Gasteiger partial charge is 0.0674 e. The fourth-order valence-electron chi connectivity index (χ4n) is 3.79. The molecule has 4 nitrogen and oxygen atoms in total. The van der Waals surface area contributed by atoms with Crippen LogP contribution >= 0.6 is 0 Å². The van der Waals surface area contributed by atoms with Crippen molar-refractivity contribution in [3.63, 3.8) is 0 Å². The van der Waals surface area contributed by atoms with E-state index < -0.39 is 11.1 Å². The first-order valence-corrected chi connectivity index (χ1v) is 11.4. The first-order valence-electron chi connectivity index (χ1n) is 10.4. The third kappa shape index (κ3) is 4.74. The Morgan fingerprint density at radius 1 is 0.875 bits per heavy atom. The van der Waals surface area contributed by atoms with Gasteiger partial charge in [0.15, 0.2) is 0 Å². The summed E-state index contributed by atoms with van der Waals surface area (Å²) in [7, 11) is 0. The second kappa shape index (κ2) is 9.81. The minimum Gasteiger partial charge on any atom is -0.768 e. The van der Waals surface area contributed by atoms with Crippen LogP contribution in [-0.2, 0) is 17.5 Å². The summed E-state index contributed by atoms with van der Waals surface area (Å²) in [6.45, 7) is 3.92. The van der Waals surface area contributed by atoms with E-state index >= 15 is 0 Å². The second-order valence-electron chi connectivity index (χ2n) is 7.56. The van der Waals surface area contributed by atoms with Crippen molar-refractivity contribution in [2.24, 2.45) is 4.99 Å². The van der Waals surface area contributed by atoms with Gasteiger partial charge in [-0.05, 0) is 82.6 Å². The van der Waals surface area contributed by atoms with Gasteiger partial charge in [-0.15, -0.1) is 0 Å². The molecule has 5 heteroatoms. The standard InChI is InChI=1S/C27H24N2O2S/c1-19-23(10-6-11-24(19)21-14-16-28-17-15-21)18-26(22-8-4-3-5-9-22)29-25-12-7-13-27(20(25)2)32(30)31/h3-17H,18H2,1-2H3,(H,30,31)/p-1. The van der Waals surface area contributed by atoms with Crippen LogP contribution in [0, 0.1) is 13.8 Å². The van der Waals surface area contributed by atoms with Crippen LogP contribution < -0.4 is 0 Å². The maximum Gasteiger partial charge on any atom is 0.0674 e. The van der Waals surface area contributed by atoms with E-state index in [-0.39, 0.29) is 4.90 Å². The Morgan fingerprint density at radius 3 is 2.31 bits per heavy atom. The molecule has 160 valence electrons. The van der Waals surface area contributed by atoms with Crippen LogP contribution in [0.25, 0.3) is 11.1 Å². The van der Waals surface area contributed by atoms with Crippen LogP contribution in [0.2, 0.25) is 0 Å². The van der Waals surface area contributed by atoms with Gasteiger partial charge in [-0.2, -0.15) is 0 Å². The van der Waals surface area contributed by atoms with Crippen LogP contribution in [0.5, 0.6) is 0 Å². The van der Waals surface area contributed by atoms with Crippen molar-refractivity contribution < 1.29 is 8.76 Å². The molecule has 4 aromatic rings. The largest absolute Gasteiger partial charge is 0.768 e. The van der Waals surface area contributed by atoms with Gasteiger partial charge in [0.25, 0.3) is 0 Å². The number of hydrogen-bond acceptors (Lipinski definition) is 4. The summed E-state index contributed by atoms with van der Waals surface area (Å²) in [5, 5.41) is 0. The zero-order valence-corrected chi connectivity index (χ0v) is 18.8. The third-order valence-electron chi connectivity index (χ3n) is 5.59. The van der Waals surface area contributed by atoms with Gasteiger partial charge in [-0.25, -0.2) is 0 Å². The van der Waals surface area contributed by atoms with E-state index in [2.05, 4.69) is 30.1 Å². The molecule has 0 spiro atoms. The molecular formula is C27H23N2O2S-. The Morgan fingerprint density at radius 2 is 1.59 bits per heavy atom. The molecule has 3 aromatic carbocycles. The Kier molecular flexibility index (Phi) is 6.69. The number of aromatic nitrogens is 1. The second-order valence-corrected chi connectivity index (χ2v) is 8.47. The lowest BCUT2D eigenvalue weighted by molar-refractivity contribution is 0.536. The molecule has 0 N–H and O–H groups in total. The summed E-state index contributed by atoms with van der Waals surface area (Å²) in [4.78, 5) is 9.34. The zero-order chi connectivity index (χ0) is 22.5. The van der Waals surface area contributed by atoms with Crippen molar-refractivity contribution in [3.8, 4) is 11.1 Å². The van der Waals surface area contributed by atoms with Gasteiger partial charge in [-0.1, -0.05) is 54.6 Å². The molecule has 1 unspecified atom stereocenters. The van der Waals surface area contributed by atoms with Gasteiger partial charge in [0.2, 0.25) is 0 Å². The van der Waals surface area contributed by atoms with E-state index in [4.69, 9.17) is 4.99 Å². The van der Waals surface area contributed by atoms with Crippen molar-refractivity contribution >= 4 is 22.5 Å². The van der Waals surface area contributed by atoms with Gasteiger partial charge >= 0.3 is 0 Å². The molecule has 0 saturated carbocycles. The lowest BCUT2D eigenvalue weighted by atomic mass is 9.93. The molecule has 1 atom stereocenters. The first-order chi connectivity index (χ1) is 15.5. The lowest BCUT2D eigenvalue weighted by Crippen LogP contribution is -2.07. The molecule has 0 aliphatic rings. The van der Waals surface area contributed by atoms with Gasteiger partial charge in [-0.3, -0.25) is 14.2 Å². The van der Waals surface area contributed by atoms with Gasteiger partial charge in [0, 0.05) is 23.7 Å². The fourth-order valence-corrected chi connectivity index (χ4v) is 4.33. The number of hydrogen-bond donors (Lipinski definition) is 0. The predicted molar refractivity (Wildman–Crippen MR) is 129 cm³/mol. The van der Waals surface area contributed by atoms with Crippen molar-refractivity contribution in [1.29, 1.82) is 0 Å². The minimum atomic E-state index is -2.30. The quantitative estimate of drug-likeness (QED) is 0.275. The summed E-state index contributed by atoms with van der Waals surface area (Å²) in [6, 6.07) is 25.5. The Hall–Kier alpha value is -3.41. The van der Waals surface area contributed by atoms with Gasteiger partial charge < -0.3 is 4.55 Å². The van der Waals surface area contributed by atoms with Gasteiger partial charge in [0.1, 0.15) is 0 Å². The van der Waals surface area contributed by atoms with Gasteiger partial charge in [0.05, 0.1) is 11.4 Å². The monoisotopic (exact) mass is 439 g/mol. The third-order valence-corrected chi connectivity index (χ3v) is 6.39. The normalized spacial score (nSPS) is 12.5. The van der Waals surface area contributed by atoms with Crippen LogP contribution in [-0.4, -0.2) is 19.5 Å². The van der Waals surface area contributed by atoms with Crippen molar-refractivity contribution in [2.75, 3.05) is 0 Å². The maximum absolute atomic E-state index is 11.6. The Labute approximate surface area is 191 Å². The van der Waals surface area contributed by atoms with E-state index in [0.717, 1.165) is 22.4 Å². The molecule has 0 amide bonds. The van der Waals surface area contributed by atoms with Crippen molar-refractivity contribution in [2.45, 2.75) is 25.2 Å². The van der Waals surface area contributed by atoms with Crippen molar-refractivity contribution in [1.82, 2.24) is 4.98 Å². The fraction of sp³-hybridized carbons (Fsp3) is 0.111. The summed E-state index contributed by atoms with van der Waals surface area (Å²) >= 11 is -2.30. The molecular weight excluding hydrogens is 416 g/mol. The van der Waals surface area contributed by atoms with E-state index in [0.29, 0.717) is 17.7 Å². The maximum atomic E-state index is 11.6. The average molecular weight is 440 g/mol. The molecule has 0 saturated heterocycles. The van der Waals surface area contributed by atoms with Crippen LogP contribution in [0.1, 0.15) is 22.3 Å². The number of pyridine rings is 1. The summed E-state index contributed by atoms with van der Waals surface area (Å²) in [6.07, 6.45) is 4.22. The molecule has 0 radical (unpaired) electrons. The van der Waals surface area contributed by atoms with E-state index in [1.807, 2.05) is 48.5 Å². The molecule has 0 bridgehead atoms. The molecule has 1 heterocycles. The van der Waals surface area contributed by atoms with Crippen LogP contribution in [0.4, 0.5) is 5.69 Å². The summed E-state index contributed by atoms with van der Waals surface area (Å²) in [5.74, 6) is 0. The summed E-state index contributed by atoms with van der Waals surface area (Å²) in [5.41, 5.74) is 7.85. The number of rotatable bonds is 6. The van der Waals surface area contributed by atoms with Crippen LogP contribution in [0.3, 0.4) is 0 Å². The highest BCUT2D eigenvalue weighted by Crippen LogP contribution is 2.28. The molecule has 1 aromatic heterocycles. The Bertz CT molecular complexity index is 1290. The zero-order valence-electron chi connectivity index (χ0n) is 18.0. The first kappa shape index (κ1) is 21.8. The number of benzene rings is 3. The lowest BCUT2D eigenvalue weighted by Gasteiger charge is -2.15. The van der Waals surface area contributed by atoms with E-state index in [1.165, 1.54) is 11.1 Å². The molecule has 0 fully saturated rings. The topological polar surface area (TPSA) is 65.4 Å². The molecule has 32 heavy (non-hydrogen) atoms. The Balaban J connectivity index is 1.80. The molecule has 4 rings (SSSR count). The average Bonchev–Trinajstić information content (AvgIpc) is 2.82. The van der Waals surface area contributed by atoms with E-state index in [1.54, 1.807) is 31.5 Å². The van der Waals surface area contributed by atoms with Crippen molar-refractivity contribution in [3.05, 3.63) is 114 Å². The highest BCUT2D eigenvalue weighted by molar-refractivity contribution is 7.79. The van der Waals surface area contributed by atoms with E-state index in [9.17, 15) is 8.76 Å². The minimum absolute atomic E-state index is 0.273. The number of nitrogens with zero attached hydrogens (tertiary/aromatic N) is 2. The highest BCUT2D eigenvalue weighted by Gasteiger charge is 2.12.